The van der Waals surface area contributed by atoms with Crippen LogP contribution in [0.25, 0.3) is 0 Å². The highest BCUT2D eigenvalue weighted by atomic mass is 127. The van der Waals surface area contributed by atoms with Gasteiger partial charge in [0.1, 0.15) is 18.1 Å². The van der Waals surface area contributed by atoms with Crippen molar-refractivity contribution in [2.45, 2.75) is 77.7 Å². The Balaban J connectivity index is 0.00000363. The van der Waals surface area contributed by atoms with Crippen molar-refractivity contribution in [2.75, 3.05) is 6.54 Å². The summed E-state index contributed by atoms with van der Waals surface area (Å²) in [6.07, 6.45) is 5.53. The van der Waals surface area contributed by atoms with E-state index in [0.29, 0.717) is 25.1 Å². The molecule has 1 aliphatic carbocycles. The standard InChI is InChI=1S/C23H36N6O2.HI/c1-16(2)31-20-12-10-18(11-13-20)21(30)14-24-23(26-19-8-6-5-7-9-19)25-15-22-28-27-17(3)29(22)4;/h10-13,16,19,21,30H,5-9,14-15H2,1-4H3,(H2,24,25,26);1H. The van der Waals surface area contributed by atoms with Crippen LogP contribution >= 0.6 is 24.0 Å². The van der Waals surface area contributed by atoms with Gasteiger partial charge in [0.25, 0.3) is 0 Å². The van der Waals surface area contributed by atoms with E-state index in [1.54, 1.807) is 0 Å². The van der Waals surface area contributed by atoms with Gasteiger partial charge in [-0.3, -0.25) is 0 Å². The number of hydrogen-bond donors (Lipinski definition) is 3. The molecule has 1 saturated carbocycles. The van der Waals surface area contributed by atoms with Crippen LogP contribution in [0.5, 0.6) is 5.75 Å². The molecule has 1 aromatic heterocycles. The summed E-state index contributed by atoms with van der Waals surface area (Å²) in [5.41, 5.74) is 0.838. The zero-order valence-corrected chi connectivity index (χ0v) is 21.9. The van der Waals surface area contributed by atoms with Gasteiger partial charge in [-0.2, -0.15) is 0 Å². The number of hydrogen-bond acceptors (Lipinski definition) is 5. The maximum Gasteiger partial charge on any atom is 0.192 e. The first-order valence-electron chi connectivity index (χ1n) is 11.3. The van der Waals surface area contributed by atoms with E-state index in [1.165, 1.54) is 19.3 Å². The lowest BCUT2D eigenvalue weighted by Gasteiger charge is -2.25. The number of halogens is 1. The van der Waals surface area contributed by atoms with Gasteiger partial charge in [0.05, 0.1) is 12.2 Å². The predicted octanol–water partition coefficient (Wildman–Crippen LogP) is 3.63. The molecule has 1 atom stereocenters. The number of guanidine groups is 1. The van der Waals surface area contributed by atoms with Crippen LogP contribution in [0, 0.1) is 6.92 Å². The van der Waals surface area contributed by atoms with Crippen molar-refractivity contribution < 1.29 is 9.84 Å². The quantitative estimate of drug-likeness (QED) is 0.261. The van der Waals surface area contributed by atoms with Gasteiger partial charge in [0.2, 0.25) is 0 Å². The summed E-state index contributed by atoms with van der Waals surface area (Å²) in [4.78, 5) is 4.71. The minimum Gasteiger partial charge on any atom is -0.491 e. The largest absolute Gasteiger partial charge is 0.491 e. The third-order valence-corrected chi connectivity index (χ3v) is 5.61. The van der Waals surface area contributed by atoms with Gasteiger partial charge in [-0.05, 0) is 51.3 Å². The van der Waals surface area contributed by atoms with E-state index >= 15 is 0 Å². The zero-order chi connectivity index (χ0) is 22.2. The number of benzene rings is 1. The van der Waals surface area contributed by atoms with Crippen LogP contribution in [0.4, 0.5) is 0 Å². The number of rotatable bonds is 8. The van der Waals surface area contributed by atoms with Crippen molar-refractivity contribution in [2.24, 2.45) is 12.0 Å². The number of nitrogens with zero attached hydrogens (tertiary/aromatic N) is 4. The van der Waals surface area contributed by atoms with Crippen LogP contribution in [0.3, 0.4) is 0 Å². The Morgan fingerprint density at radius 1 is 1.19 bits per heavy atom. The average molecular weight is 556 g/mol. The second kappa shape index (κ2) is 13.0. The van der Waals surface area contributed by atoms with Gasteiger partial charge < -0.3 is 25.0 Å². The van der Waals surface area contributed by atoms with Crippen molar-refractivity contribution in [3.05, 3.63) is 41.5 Å². The molecular formula is C23H37IN6O2. The molecule has 8 nitrogen and oxygen atoms in total. The molecule has 3 rings (SSSR count). The number of nitrogens with one attached hydrogen (secondary N) is 2. The molecular weight excluding hydrogens is 519 g/mol. The first-order chi connectivity index (χ1) is 14.9. The Hall–Kier alpha value is -1.88. The number of aliphatic hydroxyl groups is 1. The third kappa shape index (κ3) is 7.91. The first-order valence-corrected chi connectivity index (χ1v) is 11.3. The number of aliphatic imine (C=N–C) groups is 1. The molecule has 2 aromatic rings. The zero-order valence-electron chi connectivity index (χ0n) is 19.5. The van der Waals surface area contributed by atoms with E-state index in [9.17, 15) is 5.11 Å². The normalized spacial score (nSPS) is 15.9. The molecule has 0 saturated heterocycles. The summed E-state index contributed by atoms with van der Waals surface area (Å²) in [5.74, 6) is 3.18. The monoisotopic (exact) mass is 556 g/mol. The van der Waals surface area contributed by atoms with E-state index in [4.69, 9.17) is 9.73 Å². The number of aryl methyl sites for hydroxylation is 1. The van der Waals surface area contributed by atoms with Crippen LogP contribution in [0.15, 0.2) is 29.3 Å². The predicted molar refractivity (Wildman–Crippen MR) is 137 cm³/mol. The van der Waals surface area contributed by atoms with Crippen molar-refractivity contribution in [3.8, 4) is 5.75 Å². The lowest BCUT2D eigenvalue weighted by atomic mass is 9.96. The van der Waals surface area contributed by atoms with Gasteiger partial charge in [0, 0.05) is 19.6 Å². The van der Waals surface area contributed by atoms with Crippen LogP contribution in [-0.4, -0.2) is 44.5 Å². The molecule has 0 bridgehead atoms. The van der Waals surface area contributed by atoms with Crippen LogP contribution in [0.1, 0.15) is 69.3 Å². The molecule has 178 valence electrons. The Kier molecular flexibility index (Phi) is 10.7. The van der Waals surface area contributed by atoms with Crippen LogP contribution in [-0.2, 0) is 13.6 Å². The van der Waals surface area contributed by atoms with Gasteiger partial charge in [-0.15, -0.1) is 34.2 Å². The van der Waals surface area contributed by atoms with E-state index in [2.05, 4.69) is 20.8 Å². The Bertz CT molecular complexity index is 847. The molecule has 0 aliphatic heterocycles. The fourth-order valence-corrected chi connectivity index (χ4v) is 3.68. The highest BCUT2D eigenvalue weighted by Gasteiger charge is 2.16. The second-order valence-corrected chi connectivity index (χ2v) is 8.50. The van der Waals surface area contributed by atoms with Crippen LogP contribution < -0.4 is 15.4 Å². The Morgan fingerprint density at radius 3 is 2.47 bits per heavy atom. The van der Waals surface area contributed by atoms with Gasteiger partial charge in [0.15, 0.2) is 11.8 Å². The van der Waals surface area contributed by atoms with E-state index in [0.717, 1.165) is 35.8 Å². The number of aliphatic hydroxyl groups excluding tert-OH is 1. The lowest BCUT2D eigenvalue weighted by molar-refractivity contribution is 0.180. The second-order valence-electron chi connectivity index (χ2n) is 8.50. The van der Waals surface area contributed by atoms with E-state index in [1.807, 2.05) is 56.7 Å². The summed E-state index contributed by atoms with van der Waals surface area (Å²) in [6, 6.07) is 8.00. The third-order valence-electron chi connectivity index (χ3n) is 5.61. The summed E-state index contributed by atoms with van der Waals surface area (Å²) in [6.45, 7) is 6.70. The van der Waals surface area contributed by atoms with Crippen molar-refractivity contribution in [3.63, 3.8) is 0 Å². The molecule has 1 unspecified atom stereocenters. The average Bonchev–Trinajstić information content (AvgIpc) is 3.08. The summed E-state index contributed by atoms with van der Waals surface area (Å²) >= 11 is 0. The van der Waals surface area contributed by atoms with Crippen LogP contribution in [0.2, 0.25) is 0 Å². The fraction of sp³-hybridized carbons (Fsp3) is 0.609. The minimum atomic E-state index is -0.650. The minimum absolute atomic E-state index is 0. The Morgan fingerprint density at radius 2 is 1.88 bits per heavy atom. The summed E-state index contributed by atoms with van der Waals surface area (Å²) < 4.78 is 7.62. The van der Waals surface area contributed by atoms with Gasteiger partial charge >= 0.3 is 0 Å². The SMILES string of the molecule is Cc1nnc(CN=C(NCC(O)c2ccc(OC(C)C)cc2)NC2CCCCC2)n1C.I. The van der Waals surface area contributed by atoms with Gasteiger partial charge in [-0.1, -0.05) is 31.4 Å². The molecule has 1 heterocycles. The molecule has 9 heteroatoms. The topological polar surface area (TPSA) is 96.6 Å². The molecule has 0 amide bonds. The maximum absolute atomic E-state index is 10.7. The lowest BCUT2D eigenvalue weighted by Crippen LogP contribution is -2.45. The Labute approximate surface area is 208 Å². The molecule has 3 N–H and O–H groups in total. The van der Waals surface area contributed by atoms with Crippen molar-refractivity contribution in [1.82, 2.24) is 25.4 Å². The number of aromatic nitrogens is 3. The smallest absolute Gasteiger partial charge is 0.192 e. The summed E-state index contributed by atoms with van der Waals surface area (Å²) in [5, 5.41) is 25.8. The highest BCUT2D eigenvalue weighted by Crippen LogP contribution is 2.19. The molecule has 0 radical (unpaired) electrons. The van der Waals surface area contributed by atoms with Crippen molar-refractivity contribution >= 4 is 29.9 Å². The molecule has 32 heavy (non-hydrogen) atoms. The molecule has 1 aliphatic rings. The van der Waals surface area contributed by atoms with E-state index in [-0.39, 0.29) is 30.1 Å². The molecule has 0 spiro atoms. The summed E-state index contributed by atoms with van der Waals surface area (Å²) in [7, 11) is 1.94. The maximum atomic E-state index is 10.7. The highest BCUT2D eigenvalue weighted by molar-refractivity contribution is 14.0. The first kappa shape index (κ1) is 26.4. The van der Waals surface area contributed by atoms with E-state index < -0.39 is 6.10 Å². The molecule has 1 fully saturated rings. The van der Waals surface area contributed by atoms with Gasteiger partial charge in [-0.25, -0.2) is 4.99 Å². The molecule has 1 aromatic carbocycles. The fourth-order valence-electron chi connectivity index (χ4n) is 3.68. The number of ether oxygens (including phenoxy) is 1. The van der Waals surface area contributed by atoms with Crippen molar-refractivity contribution in [1.29, 1.82) is 0 Å².